The fraction of sp³-hybridized carbons (Fsp3) is 0.308. The van der Waals surface area contributed by atoms with Gasteiger partial charge in [-0.25, -0.2) is 0 Å². The molecule has 14 heavy (non-hydrogen) atoms. The SMILES string of the molecule is C=C[C](C)c1cccc(Cl)c1C1CC1. The highest BCUT2D eigenvalue weighted by molar-refractivity contribution is 6.31. The second-order valence-electron chi connectivity index (χ2n) is 3.86. The Bertz CT molecular complexity index is 350. The molecule has 0 amide bonds. The number of rotatable bonds is 3. The van der Waals surface area contributed by atoms with Crippen molar-refractivity contribution in [3.63, 3.8) is 0 Å². The first kappa shape index (κ1) is 9.79. The summed E-state index contributed by atoms with van der Waals surface area (Å²) in [6, 6.07) is 6.13. The van der Waals surface area contributed by atoms with Crippen molar-refractivity contribution in [2.75, 3.05) is 0 Å². The first-order valence-electron chi connectivity index (χ1n) is 4.99. The van der Waals surface area contributed by atoms with E-state index in [0.29, 0.717) is 5.92 Å². The molecule has 0 atom stereocenters. The summed E-state index contributed by atoms with van der Waals surface area (Å²) >= 11 is 6.22. The summed E-state index contributed by atoms with van der Waals surface area (Å²) < 4.78 is 0. The fourth-order valence-electron chi connectivity index (χ4n) is 1.78. The topological polar surface area (TPSA) is 0 Å². The van der Waals surface area contributed by atoms with Gasteiger partial charge in [0.2, 0.25) is 0 Å². The zero-order valence-electron chi connectivity index (χ0n) is 8.39. The van der Waals surface area contributed by atoms with Crippen LogP contribution in [-0.2, 0) is 0 Å². The Balaban J connectivity index is 2.46. The summed E-state index contributed by atoms with van der Waals surface area (Å²) in [7, 11) is 0. The molecule has 0 aliphatic heterocycles. The van der Waals surface area contributed by atoms with Crippen LogP contribution in [0.1, 0.15) is 36.8 Å². The highest BCUT2D eigenvalue weighted by Crippen LogP contribution is 2.46. The van der Waals surface area contributed by atoms with Gasteiger partial charge in [-0.3, -0.25) is 0 Å². The molecule has 0 N–H and O–H groups in total. The van der Waals surface area contributed by atoms with Gasteiger partial charge in [0.05, 0.1) is 0 Å². The van der Waals surface area contributed by atoms with E-state index in [9.17, 15) is 0 Å². The first-order valence-corrected chi connectivity index (χ1v) is 5.36. The van der Waals surface area contributed by atoms with E-state index in [1.54, 1.807) is 0 Å². The summed E-state index contributed by atoms with van der Waals surface area (Å²) in [5.41, 5.74) is 2.60. The van der Waals surface area contributed by atoms with Crippen molar-refractivity contribution in [3.05, 3.63) is 52.9 Å². The molecule has 1 aromatic carbocycles. The average molecular weight is 206 g/mol. The fourth-order valence-corrected chi connectivity index (χ4v) is 2.11. The Morgan fingerprint density at radius 2 is 2.21 bits per heavy atom. The van der Waals surface area contributed by atoms with Crippen molar-refractivity contribution < 1.29 is 0 Å². The van der Waals surface area contributed by atoms with Crippen molar-refractivity contribution in [2.45, 2.75) is 25.7 Å². The maximum absolute atomic E-state index is 6.22. The third kappa shape index (κ3) is 1.72. The van der Waals surface area contributed by atoms with Gasteiger partial charge in [-0.1, -0.05) is 36.7 Å². The number of benzene rings is 1. The second-order valence-corrected chi connectivity index (χ2v) is 4.27. The standard InChI is InChI=1S/C13H14Cl/c1-3-9(2)11-5-4-6-12(14)13(11)10-7-8-10/h3-6,10H,1,7-8H2,2H3. The molecule has 1 heteroatoms. The van der Waals surface area contributed by atoms with E-state index < -0.39 is 0 Å². The van der Waals surface area contributed by atoms with Crippen molar-refractivity contribution in [3.8, 4) is 0 Å². The normalized spacial score (nSPS) is 15.9. The van der Waals surface area contributed by atoms with Crippen molar-refractivity contribution in [1.82, 2.24) is 0 Å². The average Bonchev–Trinajstić information content (AvgIpc) is 3.00. The van der Waals surface area contributed by atoms with Gasteiger partial charge in [-0.2, -0.15) is 0 Å². The monoisotopic (exact) mass is 205 g/mol. The van der Waals surface area contributed by atoms with Crippen molar-refractivity contribution in [2.24, 2.45) is 0 Å². The Morgan fingerprint density at radius 3 is 2.79 bits per heavy atom. The van der Waals surface area contributed by atoms with Gasteiger partial charge in [-0.15, -0.1) is 6.58 Å². The molecule has 1 radical (unpaired) electrons. The van der Waals surface area contributed by atoms with Crippen LogP contribution in [0, 0.1) is 5.92 Å². The molecule has 2 rings (SSSR count). The van der Waals surface area contributed by atoms with E-state index in [4.69, 9.17) is 11.6 Å². The summed E-state index contributed by atoms with van der Waals surface area (Å²) in [4.78, 5) is 0. The van der Waals surface area contributed by atoms with Gasteiger partial charge in [-0.05, 0) is 36.0 Å². The van der Waals surface area contributed by atoms with E-state index in [0.717, 1.165) is 5.02 Å². The molecule has 0 aromatic heterocycles. The van der Waals surface area contributed by atoms with Gasteiger partial charge in [0.1, 0.15) is 0 Å². The maximum Gasteiger partial charge on any atom is 0.0443 e. The van der Waals surface area contributed by atoms with Gasteiger partial charge in [0.15, 0.2) is 0 Å². The summed E-state index contributed by atoms with van der Waals surface area (Å²) in [5.74, 6) is 1.91. The lowest BCUT2D eigenvalue weighted by Gasteiger charge is -2.13. The molecule has 1 aromatic rings. The molecular weight excluding hydrogens is 192 g/mol. The van der Waals surface area contributed by atoms with E-state index in [2.05, 4.69) is 19.6 Å². The molecule has 0 saturated heterocycles. The van der Waals surface area contributed by atoms with Crippen LogP contribution in [0.2, 0.25) is 5.02 Å². The Labute approximate surface area is 90.6 Å². The predicted molar refractivity (Wildman–Crippen MR) is 61.6 cm³/mol. The van der Waals surface area contributed by atoms with Crippen LogP contribution < -0.4 is 0 Å². The predicted octanol–water partition coefficient (Wildman–Crippen LogP) is 4.35. The molecule has 73 valence electrons. The van der Waals surface area contributed by atoms with Crippen LogP contribution in [0.15, 0.2) is 30.9 Å². The zero-order chi connectivity index (χ0) is 10.1. The number of hydrogen-bond donors (Lipinski definition) is 0. The first-order chi connectivity index (χ1) is 6.74. The molecule has 0 bridgehead atoms. The number of allylic oxidation sites excluding steroid dienone is 1. The summed E-state index contributed by atoms with van der Waals surface area (Å²) in [6.07, 6.45) is 4.46. The Hall–Kier alpha value is -0.750. The van der Waals surface area contributed by atoms with Gasteiger partial charge in [0.25, 0.3) is 0 Å². The molecule has 0 unspecified atom stereocenters. The third-order valence-electron chi connectivity index (χ3n) is 2.77. The van der Waals surface area contributed by atoms with E-state index in [1.165, 1.54) is 29.9 Å². The van der Waals surface area contributed by atoms with Crippen LogP contribution >= 0.6 is 11.6 Å². The zero-order valence-corrected chi connectivity index (χ0v) is 9.14. The van der Waals surface area contributed by atoms with Gasteiger partial charge < -0.3 is 0 Å². The number of halogens is 1. The Kier molecular flexibility index (Phi) is 2.64. The number of hydrogen-bond acceptors (Lipinski definition) is 0. The van der Waals surface area contributed by atoms with Gasteiger partial charge >= 0.3 is 0 Å². The van der Waals surface area contributed by atoms with E-state index in [-0.39, 0.29) is 0 Å². The van der Waals surface area contributed by atoms with Crippen LogP contribution in [0.3, 0.4) is 0 Å². The van der Waals surface area contributed by atoms with Crippen LogP contribution in [0.25, 0.3) is 0 Å². The summed E-state index contributed by atoms with van der Waals surface area (Å²) in [6.45, 7) is 5.90. The smallest absolute Gasteiger partial charge is 0.0443 e. The minimum atomic E-state index is 0.689. The quantitative estimate of drug-likeness (QED) is 0.689. The van der Waals surface area contributed by atoms with Crippen molar-refractivity contribution in [1.29, 1.82) is 0 Å². The van der Waals surface area contributed by atoms with E-state index >= 15 is 0 Å². The minimum Gasteiger partial charge on any atom is -0.102 e. The highest BCUT2D eigenvalue weighted by Gasteiger charge is 2.28. The molecule has 0 heterocycles. The maximum atomic E-state index is 6.22. The second kappa shape index (κ2) is 3.78. The lowest BCUT2D eigenvalue weighted by molar-refractivity contribution is 1.07. The van der Waals surface area contributed by atoms with Gasteiger partial charge in [0, 0.05) is 10.9 Å². The lowest BCUT2D eigenvalue weighted by atomic mass is 9.93. The Morgan fingerprint density at radius 1 is 1.50 bits per heavy atom. The largest absolute Gasteiger partial charge is 0.102 e. The van der Waals surface area contributed by atoms with E-state index in [1.807, 2.05) is 18.2 Å². The van der Waals surface area contributed by atoms with Crippen LogP contribution in [0.4, 0.5) is 0 Å². The summed E-state index contributed by atoms with van der Waals surface area (Å²) in [5, 5.41) is 0.909. The molecule has 1 aliphatic carbocycles. The molecule has 0 spiro atoms. The molecule has 1 aliphatic rings. The third-order valence-corrected chi connectivity index (χ3v) is 3.10. The van der Waals surface area contributed by atoms with Crippen molar-refractivity contribution >= 4 is 11.6 Å². The molecular formula is C13H14Cl. The van der Waals surface area contributed by atoms with Crippen LogP contribution in [-0.4, -0.2) is 0 Å². The molecule has 0 nitrogen and oxygen atoms in total. The highest BCUT2D eigenvalue weighted by atomic mass is 35.5. The molecule has 1 saturated carbocycles. The minimum absolute atomic E-state index is 0.689. The molecule has 1 fully saturated rings. The van der Waals surface area contributed by atoms with Crippen LogP contribution in [0.5, 0.6) is 0 Å². The lowest BCUT2D eigenvalue weighted by Crippen LogP contribution is -1.97.